The number of rotatable bonds is 6. The monoisotopic (exact) mass is 425 g/mol. The van der Waals surface area contributed by atoms with Gasteiger partial charge in [-0.15, -0.1) is 0 Å². The highest BCUT2D eigenvalue weighted by Crippen LogP contribution is 2.26. The number of nitrogens with one attached hydrogen (secondary N) is 2. The van der Waals surface area contributed by atoms with Crippen LogP contribution in [0.2, 0.25) is 0 Å². The molecule has 0 spiro atoms. The number of nitrogens with zero attached hydrogens (tertiary/aromatic N) is 1. The Morgan fingerprint density at radius 2 is 1.53 bits per heavy atom. The van der Waals surface area contributed by atoms with Crippen LogP contribution in [0.5, 0.6) is 0 Å². The van der Waals surface area contributed by atoms with Crippen LogP contribution >= 0.6 is 0 Å². The molecule has 0 atom stereocenters. The lowest BCUT2D eigenvalue weighted by Crippen LogP contribution is -2.25. The Bertz CT molecular complexity index is 1250. The molecule has 6 heteroatoms. The predicted molar refractivity (Wildman–Crippen MR) is 123 cm³/mol. The Morgan fingerprint density at radius 1 is 0.844 bits per heavy atom. The summed E-state index contributed by atoms with van der Waals surface area (Å²) in [6, 6.07) is 24.2. The lowest BCUT2D eigenvalue weighted by molar-refractivity contribution is 0.0952. The predicted octanol–water partition coefficient (Wildman–Crippen LogP) is 5.14. The van der Waals surface area contributed by atoms with E-state index >= 15 is 0 Å². The van der Waals surface area contributed by atoms with Crippen LogP contribution < -0.4 is 10.6 Å². The van der Waals surface area contributed by atoms with E-state index in [9.17, 15) is 9.59 Å². The van der Waals surface area contributed by atoms with E-state index in [-0.39, 0.29) is 11.8 Å². The molecule has 0 saturated heterocycles. The van der Waals surface area contributed by atoms with Crippen molar-refractivity contribution in [3.05, 3.63) is 107 Å². The zero-order chi connectivity index (χ0) is 22.5. The van der Waals surface area contributed by atoms with Crippen molar-refractivity contribution in [2.45, 2.75) is 20.4 Å². The van der Waals surface area contributed by atoms with Gasteiger partial charge in [0.05, 0.1) is 11.3 Å². The molecule has 6 nitrogen and oxygen atoms in total. The van der Waals surface area contributed by atoms with Gasteiger partial charge in [0.1, 0.15) is 17.0 Å². The lowest BCUT2D eigenvalue weighted by atomic mass is 10.1. The largest absolute Gasteiger partial charge is 0.360 e. The molecule has 0 aliphatic carbocycles. The maximum absolute atomic E-state index is 13.1. The molecular formula is C26H23N3O3. The molecular weight excluding hydrogens is 402 g/mol. The molecule has 0 unspecified atom stereocenters. The number of para-hydroxylation sites is 1. The number of amides is 2. The Hall–Kier alpha value is -4.19. The summed E-state index contributed by atoms with van der Waals surface area (Å²) >= 11 is 0. The first-order chi connectivity index (χ1) is 15.5. The fourth-order valence-electron chi connectivity index (χ4n) is 3.39. The van der Waals surface area contributed by atoms with Gasteiger partial charge >= 0.3 is 0 Å². The minimum Gasteiger partial charge on any atom is -0.360 e. The Morgan fingerprint density at radius 3 is 2.28 bits per heavy atom. The Kier molecular flexibility index (Phi) is 6.12. The molecule has 32 heavy (non-hydrogen) atoms. The first-order valence-corrected chi connectivity index (χ1v) is 10.3. The minimum atomic E-state index is -0.388. The van der Waals surface area contributed by atoms with Gasteiger partial charge in [-0.05, 0) is 31.5 Å². The first-order valence-electron chi connectivity index (χ1n) is 10.3. The molecule has 3 aromatic carbocycles. The molecule has 0 bridgehead atoms. The molecule has 2 N–H and O–H groups in total. The fraction of sp³-hybridized carbons (Fsp3) is 0.115. The highest BCUT2D eigenvalue weighted by atomic mass is 16.5. The Labute approximate surface area is 186 Å². The average molecular weight is 425 g/mol. The average Bonchev–Trinajstić information content (AvgIpc) is 3.21. The topological polar surface area (TPSA) is 84.2 Å². The van der Waals surface area contributed by atoms with Crippen LogP contribution in [-0.2, 0) is 6.54 Å². The third-order valence-electron chi connectivity index (χ3n) is 5.13. The zero-order valence-corrected chi connectivity index (χ0v) is 17.9. The molecule has 0 fully saturated rings. The smallest absolute Gasteiger partial charge is 0.261 e. The maximum Gasteiger partial charge on any atom is 0.261 e. The Balaban J connectivity index is 1.54. The summed E-state index contributed by atoms with van der Waals surface area (Å²) in [5, 5.41) is 9.82. The summed E-state index contributed by atoms with van der Waals surface area (Å²) in [6.45, 7) is 4.10. The highest BCUT2D eigenvalue weighted by Gasteiger charge is 2.23. The van der Waals surface area contributed by atoms with Crippen molar-refractivity contribution in [3.8, 4) is 11.3 Å². The van der Waals surface area contributed by atoms with Gasteiger partial charge in [-0.3, -0.25) is 9.59 Å². The van der Waals surface area contributed by atoms with Crippen LogP contribution in [-0.4, -0.2) is 17.0 Å². The van der Waals surface area contributed by atoms with Gasteiger partial charge in [-0.25, -0.2) is 0 Å². The summed E-state index contributed by atoms with van der Waals surface area (Å²) in [4.78, 5) is 26.0. The summed E-state index contributed by atoms with van der Waals surface area (Å²) < 4.78 is 5.29. The van der Waals surface area contributed by atoms with E-state index in [1.54, 1.807) is 31.2 Å². The van der Waals surface area contributed by atoms with Gasteiger partial charge in [0.2, 0.25) is 0 Å². The van der Waals surface area contributed by atoms with Crippen molar-refractivity contribution >= 4 is 17.5 Å². The van der Waals surface area contributed by atoms with Crippen molar-refractivity contribution in [3.63, 3.8) is 0 Å². The molecule has 0 aliphatic heterocycles. The van der Waals surface area contributed by atoms with Crippen LogP contribution in [0.3, 0.4) is 0 Å². The van der Waals surface area contributed by atoms with Crippen molar-refractivity contribution in [2.24, 2.45) is 0 Å². The fourth-order valence-corrected chi connectivity index (χ4v) is 3.39. The van der Waals surface area contributed by atoms with E-state index in [0.29, 0.717) is 34.8 Å². The summed E-state index contributed by atoms with van der Waals surface area (Å²) in [5.74, 6) is -0.254. The second-order valence-corrected chi connectivity index (χ2v) is 7.50. The van der Waals surface area contributed by atoms with E-state index in [0.717, 1.165) is 16.7 Å². The third kappa shape index (κ3) is 4.59. The van der Waals surface area contributed by atoms with Gasteiger partial charge < -0.3 is 15.2 Å². The van der Waals surface area contributed by atoms with Crippen molar-refractivity contribution in [1.82, 2.24) is 10.5 Å². The first kappa shape index (κ1) is 21.1. The minimum absolute atomic E-state index is 0.271. The number of benzene rings is 3. The zero-order valence-electron chi connectivity index (χ0n) is 17.9. The molecule has 4 rings (SSSR count). The quantitative estimate of drug-likeness (QED) is 0.448. The molecule has 1 aromatic heterocycles. The summed E-state index contributed by atoms with van der Waals surface area (Å²) in [5.41, 5.74) is 4.53. The van der Waals surface area contributed by atoms with Crippen LogP contribution in [0.1, 0.15) is 37.6 Å². The number of anilines is 1. The van der Waals surface area contributed by atoms with E-state index in [4.69, 9.17) is 4.52 Å². The molecule has 0 aliphatic rings. The molecule has 4 aromatic rings. The molecule has 1 heterocycles. The van der Waals surface area contributed by atoms with Gasteiger partial charge in [0, 0.05) is 12.1 Å². The van der Waals surface area contributed by atoms with Crippen molar-refractivity contribution < 1.29 is 14.1 Å². The second kappa shape index (κ2) is 9.31. The standard InChI is InChI=1S/C26H23N3O3/c1-17-12-14-19(15-13-17)16-27-25(30)21-10-6-7-11-22(21)28-26(31)23-18(2)32-29-24(23)20-8-4-3-5-9-20/h3-15H,16H2,1-2H3,(H,27,30)(H,28,31). The van der Waals surface area contributed by atoms with Crippen LogP contribution in [0.4, 0.5) is 5.69 Å². The van der Waals surface area contributed by atoms with Gasteiger partial charge in [-0.1, -0.05) is 77.5 Å². The van der Waals surface area contributed by atoms with Crippen molar-refractivity contribution in [1.29, 1.82) is 0 Å². The summed E-state index contributed by atoms with van der Waals surface area (Å²) in [7, 11) is 0. The van der Waals surface area contributed by atoms with Gasteiger partial charge in [-0.2, -0.15) is 0 Å². The van der Waals surface area contributed by atoms with Crippen LogP contribution in [0, 0.1) is 13.8 Å². The third-order valence-corrected chi connectivity index (χ3v) is 5.13. The normalized spacial score (nSPS) is 10.6. The molecule has 0 saturated carbocycles. The van der Waals surface area contributed by atoms with Gasteiger partial charge in [0.15, 0.2) is 0 Å². The van der Waals surface area contributed by atoms with E-state index in [2.05, 4.69) is 15.8 Å². The molecule has 0 radical (unpaired) electrons. The van der Waals surface area contributed by atoms with Gasteiger partial charge in [0.25, 0.3) is 11.8 Å². The SMILES string of the molecule is Cc1ccc(CNC(=O)c2ccccc2NC(=O)c2c(-c3ccccc3)noc2C)cc1. The van der Waals surface area contributed by atoms with Crippen LogP contribution in [0.15, 0.2) is 83.4 Å². The maximum atomic E-state index is 13.1. The van der Waals surface area contributed by atoms with Crippen molar-refractivity contribution in [2.75, 3.05) is 5.32 Å². The van der Waals surface area contributed by atoms with E-state index in [1.807, 2.05) is 61.5 Å². The highest BCUT2D eigenvalue weighted by molar-refractivity contribution is 6.11. The molecule has 160 valence electrons. The van der Waals surface area contributed by atoms with E-state index in [1.165, 1.54) is 0 Å². The number of carbonyl (C=O) groups excluding carboxylic acids is 2. The lowest BCUT2D eigenvalue weighted by Gasteiger charge is -2.12. The van der Waals surface area contributed by atoms with E-state index < -0.39 is 0 Å². The number of hydrogen-bond donors (Lipinski definition) is 2. The van der Waals surface area contributed by atoms with Crippen LogP contribution in [0.25, 0.3) is 11.3 Å². The number of aryl methyl sites for hydroxylation is 2. The number of aromatic nitrogens is 1. The summed E-state index contributed by atoms with van der Waals surface area (Å²) in [6.07, 6.45) is 0. The second-order valence-electron chi connectivity index (χ2n) is 7.50. The number of carbonyl (C=O) groups is 2. The number of hydrogen-bond acceptors (Lipinski definition) is 4. The molecule has 2 amide bonds.